The van der Waals surface area contributed by atoms with Crippen molar-refractivity contribution in [3.8, 4) is 0 Å². The van der Waals surface area contributed by atoms with Crippen molar-refractivity contribution in [2.75, 3.05) is 32.8 Å². The number of ether oxygens (including phenoxy) is 1. The number of sulfonamides is 1. The van der Waals surface area contributed by atoms with Gasteiger partial charge in [0.05, 0.1) is 30.4 Å². The summed E-state index contributed by atoms with van der Waals surface area (Å²) in [4.78, 5) is 1.74. The summed E-state index contributed by atoms with van der Waals surface area (Å²) in [6.45, 7) is 2.08. The zero-order chi connectivity index (χ0) is 26.7. The second-order valence-electron chi connectivity index (χ2n) is 8.83. The van der Waals surface area contributed by atoms with Crippen LogP contribution in [0.4, 0.5) is 0 Å². The molecule has 2 heterocycles. The van der Waals surface area contributed by atoms with Crippen LogP contribution < -0.4 is 0 Å². The molecule has 3 aromatic carbocycles. The van der Waals surface area contributed by atoms with Crippen molar-refractivity contribution in [1.29, 1.82) is 5.41 Å². The Bertz CT molecular complexity index is 1470. The van der Waals surface area contributed by atoms with E-state index in [0.29, 0.717) is 42.9 Å². The molecule has 1 saturated heterocycles. The fraction of sp³-hybridized carbons (Fsp3) is 0.222. The fourth-order valence-electron chi connectivity index (χ4n) is 4.38. The molecule has 2 aliphatic rings. The van der Waals surface area contributed by atoms with Crippen molar-refractivity contribution < 1.29 is 13.2 Å². The summed E-state index contributed by atoms with van der Waals surface area (Å²) in [6.07, 6.45) is 0. The SMILES string of the molecule is N=C(/C(=N\S(=O)(=O)c1ccc(Cl)cc1)N1CC(c2ccccc2)C(c2ccc(Cl)cc2)=N1)N1CCOCC1. The number of benzene rings is 3. The molecule has 38 heavy (non-hydrogen) atoms. The number of nitrogens with one attached hydrogen (secondary N) is 1. The highest BCUT2D eigenvalue weighted by molar-refractivity contribution is 7.90. The van der Waals surface area contributed by atoms with Crippen LogP contribution in [-0.2, 0) is 14.8 Å². The minimum Gasteiger partial charge on any atom is -0.378 e. The summed E-state index contributed by atoms with van der Waals surface area (Å²) < 4.78 is 36.4. The molecule has 8 nitrogen and oxygen atoms in total. The van der Waals surface area contributed by atoms with E-state index in [1.165, 1.54) is 29.3 Å². The average molecular weight is 571 g/mol. The lowest BCUT2D eigenvalue weighted by Gasteiger charge is -2.31. The van der Waals surface area contributed by atoms with Gasteiger partial charge in [-0.1, -0.05) is 65.7 Å². The Morgan fingerprint density at radius 1 is 0.921 bits per heavy atom. The van der Waals surface area contributed by atoms with Gasteiger partial charge in [0.2, 0.25) is 5.84 Å². The normalized spacial score (nSPS) is 18.4. The molecule has 1 N–H and O–H groups in total. The number of hydrogen-bond acceptors (Lipinski definition) is 5. The standard InChI is InChI=1S/C27H25Cl2N5O3S/c28-21-8-6-20(7-9-21)25-24(19-4-2-1-3-5-19)18-34(31-25)27(26(30)33-14-16-37-17-15-33)32-38(35,36)23-12-10-22(29)11-13-23/h1-13,24,30H,14-18H2/b30-26?,32-27+. The van der Waals surface area contributed by atoms with Crippen LogP contribution in [0.3, 0.4) is 0 Å². The molecule has 0 radical (unpaired) electrons. The molecule has 0 saturated carbocycles. The quantitative estimate of drug-likeness (QED) is 0.356. The molecule has 11 heteroatoms. The molecule has 0 aliphatic carbocycles. The zero-order valence-corrected chi connectivity index (χ0v) is 22.6. The monoisotopic (exact) mass is 569 g/mol. The van der Waals surface area contributed by atoms with Crippen molar-refractivity contribution >= 4 is 50.6 Å². The highest BCUT2D eigenvalue weighted by Gasteiger charge is 2.35. The van der Waals surface area contributed by atoms with Crippen molar-refractivity contribution in [2.24, 2.45) is 9.50 Å². The Balaban J connectivity index is 1.60. The summed E-state index contributed by atoms with van der Waals surface area (Å²) in [6, 6.07) is 23.0. The third-order valence-electron chi connectivity index (χ3n) is 6.36. The fourth-order valence-corrected chi connectivity index (χ4v) is 5.62. The number of nitrogens with zero attached hydrogens (tertiary/aromatic N) is 4. The van der Waals surface area contributed by atoms with E-state index >= 15 is 0 Å². The van der Waals surface area contributed by atoms with Gasteiger partial charge in [-0.15, -0.1) is 4.40 Å². The van der Waals surface area contributed by atoms with Crippen LogP contribution in [0.25, 0.3) is 0 Å². The molecule has 1 atom stereocenters. The van der Waals surface area contributed by atoms with Gasteiger partial charge in [0.25, 0.3) is 10.0 Å². The van der Waals surface area contributed by atoms with Gasteiger partial charge in [0.15, 0.2) is 5.84 Å². The number of morpholine rings is 1. The first-order valence-corrected chi connectivity index (χ1v) is 14.2. The lowest BCUT2D eigenvalue weighted by Crippen LogP contribution is -2.48. The highest BCUT2D eigenvalue weighted by atomic mass is 35.5. The van der Waals surface area contributed by atoms with E-state index in [4.69, 9.17) is 38.4 Å². The number of amidine groups is 2. The zero-order valence-electron chi connectivity index (χ0n) is 20.3. The summed E-state index contributed by atoms with van der Waals surface area (Å²) in [7, 11) is -4.17. The van der Waals surface area contributed by atoms with Gasteiger partial charge in [0, 0.05) is 29.1 Å². The molecule has 3 aromatic rings. The van der Waals surface area contributed by atoms with E-state index < -0.39 is 10.0 Å². The molecule has 0 bridgehead atoms. The maximum atomic E-state index is 13.4. The van der Waals surface area contributed by atoms with Crippen molar-refractivity contribution in [2.45, 2.75) is 10.8 Å². The van der Waals surface area contributed by atoms with Gasteiger partial charge in [-0.2, -0.15) is 13.5 Å². The highest BCUT2D eigenvalue weighted by Crippen LogP contribution is 2.30. The Kier molecular flexibility index (Phi) is 7.80. The van der Waals surface area contributed by atoms with Gasteiger partial charge < -0.3 is 9.64 Å². The van der Waals surface area contributed by atoms with Crippen molar-refractivity contribution in [1.82, 2.24) is 9.91 Å². The molecule has 196 valence electrons. The van der Waals surface area contributed by atoms with E-state index in [1.807, 2.05) is 42.5 Å². The second-order valence-corrected chi connectivity index (χ2v) is 11.3. The molecule has 1 unspecified atom stereocenters. The molecule has 2 aliphatic heterocycles. The third-order valence-corrected chi connectivity index (χ3v) is 8.14. The summed E-state index contributed by atoms with van der Waals surface area (Å²) in [5.41, 5.74) is 2.60. The maximum absolute atomic E-state index is 13.4. The molecule has 0 aromatic heterocycles. The van der Waals surface area contributed by atoms with Crippen LogP contribution in [0.5, 0.6) is 0 Å². The smallest absolute Gasteiger partial charge is 0.284 e. The van der Waals surface area contributed by atoms with Gasteiger partial charge in [-0.25, -0.2) is 5.01 Å². The van der Waals surface area contributed by atoms with Gasteiger partial charge >= 0.3 is 0 Å². The number of rotatable bonds is 4. The van der Waals surface area contributed by atoms with E-state index in [1.54, 1.807) is 17.0 Å². The summed E-state index contributed by atoms with van der Waals surface area (Å²) in [5, 5.41) is 16.4. The van der Waals surface area contributed by atoms with Crippen LogP contribution in [0, 0.1) is 5.41 Å². The number of hydrazone groups is 1. The van der Waals surface area contributed by atoms with Gasteiger partial charge in [-0.3, -0.25) is 5.41 Å². The van der Waals surface area contributed by atoms with Crippen LogP contribution in [0.2, 0.25) is 10.0 Å². The number of halogens is 2. The van der Waals surface area contributed by atoms with Crippen molar-refractivity contribution in [3.63, 3.8) is 0 Å². The second kappa shape index (κ2) is 11.2. The van der Waals surface area contributed by atoms with Crippen LogP contribution in [-0.4, -0.2) is 68.6 Å². The molecule has 5 rings (SSSR count). The third kappa shape index (κ3) is 5.76. The molecular weight excluding hydrogens is 545 g/mol. The first kappa shape index (κ1) is 26.4. The Morgan fingerprint density at radius 3 is 2.16 bits per heavy atom. The minimum atomic E-state index is -4.17. The van der Waals surface area contributed by atoms with Crippen LogP contribution in [0.1, 0.15) is 17.0 Å². The lowest BCUT2D eigenvalue weighted by molar-refractivity contribution is 0.0683. The predicted molar refractivity (Wildman–Crippen MR) is 150 cm³/mol. The van der Waals surface area contributed by atoms with Gasteiger partial charge in [0.1, 0.15) is 0 Å². The van der Waals surface area contributed by atoms with Gasteiger partial charge in [-0.05, 0) is 47.5 Å². The summed E-state index contributed by atoms with van der Waals surface area (Å²) in [5.74, 6) is -0.260. The Morgan fingerprint density at radius 2 is 1.53 bits per heavy atom. The topological polar surface area (TPSA) is 98.4 Å². The first-order valence-electron chi connectivity index (χ1n) is 12.0. The Labute approximate surface area is 231 Å². The molecule has 0 amide bonds. The molecule has 0 spiro atoms. The van der Waals surface area contributed by atoms with E-state index in [2.05, 4.69) is 4.40 Å². The Hall–Kier alpha value is -3.24. The largest absolute Gasteiger partial charge is 0.378 e. The molecule has 1 fully saturated rings. The summed E-state index contributed by atoms with van der Waals surface area (Å²) >= 11 is 12.1. The van der Waals surface area contributed by atoms with Crippen LogP contribution in [0.15, 0.2) is 93.3 Å². The lowest BCUT2D eigenvalue weighted by atomic mass is 9.91. The van der Waals surface area contributed by atoms with Crippen molar-refractivity contribution in [3.05, 3.63) is 100 Å². The number of hydrogen-bond donors (Lipinski definition) is 1. The van der Waals surface area contributed by atoms with E-state index in [-0.39, 0.29) is 22.5 Å². The average Bonchev–Trinajstić information content (AvgIpc) is 3.38. The molecular formula is C27H25Cl2N5O3S. The van der Waals surface area contributed by atoms with E-state index in [0.717, 1.165) is 16.8 Å². The first-order chi connectivity index (χ1) is 18.3. The minimum absolute atomic E-state index is 0.0186. The predicted octanol–water partition coefficient (Wildman–Crippen LogP) is 4.89. The van der Waals surface area contributed by atoms with Crippen LogP contribution >= 0.6 is 23.2 Å². The maximum Gasteiger partial charge on any atom is 0.284 e. The van der Waals surface area contributed by atoms with E-state index in [9.17, 15) is 8.42 Å².